The molecule has 1 saturated heterocycles. The van der Waals surface area contributed by atoms with Crippen LogP contribution in [0.5, 0.6) is 0 Å². The summed E-state index contributed by atoms with van der Waals surface area (Å²) in [7, 11) is 1.71. The van der Waals surface area contributed by atoms with Crippen molar-refractivity contribution in [3.63, 3.8) is 0 Å². The number of carbonyl (C=O) groups excluding carboxylic acids is 2. The number of thioether (sulfide) groups is 1. The van der Waals surface area contributed by atoms with Gasteiger partial charge in [-0.15, -0.1) is 11.8 Å². The highest BCUT2D eigenvalue weighted by molar-refractivity contribution is 8.00. The zero-order chi connectivity index (χ0) is 15.0. The van der Waals surface area contributed by atoms with Gasteiger partial charge < -0.3 is 15.1 Å². The fraction of sp³-hybridized carbons (Fsp3) is 0.857. The van der Waals surface area contributed by atoms with Gasteiger partial charge in [0.2, 0.25) is 11.8 Å². The first-order valence-corrected chi connectivity index (χ1v) is 8.47. The average Bonchev–Trinajstić information content (AvgIpc) is 2.47. The van der Waals surface area contributed by atoms with Gasteiger partial charge in [0.05, 0.1) is 12.3 Å². The van der Waals surface area contributed by atoms with Gasteiger partial charge in [-0.2, -0.15) is 0 Å². The molecule has 1 rings (SSSR count). The van der Waals surface area contributed by atoms with Crippen LogP contribution in [0.3, 0.4) is 0 Å². The standard InChI is InChI=1S/C14H27N3O2S/c1-4-17(5-2)13(18)10-16(3)14(19)11-20-12-6-8-15-9-7-12/h12,15H,4-11H2,1-3H3. The van der Waals surface area contributed by atoms with Crippen LogP contribution in [0, 0.1) is 0 Å². The summed E-state index contributed by atoms with van der Waals surface area (Å²) in [4.78, 5) is 27.3. The first kappa shape index (κ1) is 17.3. The molecule has 20 heavy (non-hydrogen) atoms. The smallest absolute Gasteiger partial charge is 0.242 e. The number of carbonyl (C=O) groups is 2. The second kappa shape index (κ2) is 9.23. The molecule has 2 amide bonds. The summed E-state index contributed by atoms with van der Waals surface area (Å²) in [5, 5.41) is 3.89. The minimum Gasteiger partial charge on any atom is -0.342 e. The molecular weight excluding hydrogens is 274 g/mol. The summed E-state index contributed by atoms with van der Waals surface area (Å²) >= 11 is 1.72. The van der Waals surface area contributed by atoms with Gasteiger partial charge in [-0.3, -0.25) is 9.59 Å². The van der Waals surface area contributed by atoms with E-state index >= 15 is 0 Å². The van der Waals surface area contributed by atoms with Crippen LogP contribution in [0.25, 0.3) is 0 Å². The van der Waals surface area contributed by atoms with E-state index in [1.807, 2.05) is 13.8 Å². The molecule has 0 spiro atoms. The maximum atomic E-state index is 12.0. The van der Waals surface area contributed by atoms with Gasteiger partial charge in [-0.05, 0) is 39.8 Å². The molecule has 116 valence electrons. The quantitative estimate of drug-likeness (QED) is 0.756. The molecule has 1 heterocycles. The Labute approximate surface area is 126 Å². The van der Waals surface area contributed by atoms with Crippen LogP contribution < -0.4 is 5.32 Å². The van der Waals surface area contributed by atoms with E-state index in [0.29, 0.717) is 24.1 Å². The molecule has 0 aromatic carbocycles. The van der Waals surface area contributed by atoms with Crippen molar-refractivity contribution in [3.05, 3.63) is 0 Å². The Bertz CT molecular complexity index is 316. The highest BCUT2D eigenvalue weighted by Gasteiger charge is 2.19. The first-order chi connectivity index (χ1) is 9.58. The summed E-state index contributed by atoms with van der Waals surface area (Å²) in [6, 6.07) is 0. The van der Waals surface area contributed by atoms with Crippen molar-refractivity contribution in [3.8, 4) is 0 Å². The van der Waals surface area contributed by atoms with Crippen LogP contribution in [0.4, 0.5) is 0 Å². The second-order valence-corrected chi connectivity index (χ2v) is 6.36. The maximum absolute atomic E-state index is 12.0. The maximum Gasteiger partial charge on any atom is 0.242 e. The molecule has 0 unspecified atom stereocenters. The van der Waals surface area contributed by atoms with Crippen LogP contribution in [-0.4, -0.2) is 72.4 Å². The number of hydrogen-bond acceptors (Lipinski definition) is 4. The Balaban J connectivity index is 2.29. The molecule has 1 aliphatic rings. The lowest BCUT2D eigenvalue weighted by Gasteiger charge is -2.25. The van der Waals surface area contributed by atoms with Crippen molar-refractivity contribution in [2.24, 2.45) is 0 Å². The van der Waals surface area contributed by atoms with Gasteiger partial charge in [-0.25, -0.2) is 0 Å². The lowest BCUT2D eigenvalue weighted by atomic mass is 10.2. The zero-order valence-corrected chi connectivity index (χ0v) is 13.7. The van der Waals surface area contributed by atoms with Crippen molar-refractivity contribution >= 4 is 23.6 Å². The fourth-order valence-electron chi connectivity index (χ4n) is 2.23. The van der Waals surface area contributed by atoms with E-state index in [1.165, 1.54) is 0 Å². The van der Waals surface area contributed by atoms with E-state index in [4.69, 9.17) is 0 Å². The van der Waals surface area contributed by atoms with Crippen LogP contribution in [0.15, 0.2) is 0 Å². The third kappa shape index (κ3) is 5.71. The van der Waals surface area contributed by atoms with Gasteiger partial charge in [-0.1, -0.05) is 0 Å². The molecule has 0 atom stereocenters. The topological polar surface area (TPSA) is 52.7 Å². The Hall–Kier alpha value is -0.750. The van der Waals surface area contributed by atoms with Crippen molar-refractivity contribution in [1.29, 1.82) is 0 Å². The van der Waals surface area contributed by atoms with Crippen molar-refractivity contribution in [2.75, 3.05) is 45.5 Å². The second-order valence-electron chi connectivity index (χ2n) is 5.08. The molecule has 0 saturated carbocycles. The van der Waals surface area contributed by atoms with Crippen molar-refractivity contribution < 1.29 is 9.59 Å². The number of hydrogen-bond donors (Lipinski definition) is 1. The highest BCUT2D eigenvalue weighted by Crippen LogP contribution is 2.20. The monoisotopic (exact) mass is 301 g/mol. The number of rotatable bonds is 7. The van der Waals surface area contributed by atoms with Gasteiger partial charge in [0, 0.05) is 25.4 Å². The number of amides is 2. The van der Waals surface area contributed by atoms with Gasteiger partial charge in [0.25, 0.3) is 0 Å². The molecular formula is C14H27N3O2S. The normalized spacial score (nSPS) is 15.9. The summed E-state index contributed by atoms with van der Waals surface area (Å²) < 4.78 is 0. The van der Waals surface area contributed by atoms with Crippen LogP contribution in [0.2, 0.25) is 0 Å². The Morgan fingerprint density at radius 3 is 2.30 bits per heavy atom. The van der Waals surface area contributed by atoms with Crippen molar-refractivity contribution in [1.82, 2.24) is 15.1 Å². The Kier molecular flexibility index (Phi) is 7.99. The molecule has 5 nitrogen and oxygen atoms in total. The molecule has 0 aromatic rings. The number of likely N-dealkylation sites (N-methyl/N-ethyl adjacent to an activating group) is 2. The third-order valence-corrected chi connectivity index (χ3v) is 5.00. The molecule has 1 N–H and O–H groups in total. The predicted octanol–water partition coefficient (Wildman–Crippen LogP) is 0.798. The summed E-state index contributed by atoms with van der Waals surface area (Å²) in [6.07, 6.45) is 2.25. The van der Waals surface area contributed by atoms with E-state index in [2.05, 4.69) is 5.32 Å². The molecule has 1 aliphatic heterocycles. The van der Waals surface area contributed by atoms with E-state index in [1.54, 1.807) is 28.6 Å². The third-order valence-electron chi connectivity index (χ3n) is 3.64. The molecule has 0 radical (unpaired) electrons. The van der Waals surface area contributed by atoms with Gasteiger partial charge in [0.15, 0.2) is 0 Å². The van der Waals surface area contributed by atoms with Gasteiger partial charge >= 0.3 is 0 Å². The molecule has 0 aromatic heterocycles. The van der Waals surface area contributed by atoms with E-state index in [-0.39, 0.29) is 18.4 Å². The molecule has 0 bridgehead atoms. The summed E-state index contributed by atoms with van der Waals surface area (Å²) in [5.41, 5.74) is 0. The SMILES string of the molecule is CCN(CC)C(=O)CN(C)C(=O)CSC1CCNCC1. The molecule has 6 heteroatoms. The van der Waals surface area contributed by atoms with Crippen molar-refractivity contribution in [2.45, 2.75) is 31.9 Å². The van der Waals surface area contributed by atoms with E-state index < -0.39 is 0 Å². The predicted molar refractivity (Wildman–Crippen MR) is 83.9 cm³/mol. The minimum atomic E-state index is 0.0257. The first-order valence-electron chi connectivity index (χ1n) is 7.42. The molecule has 1 fully saturated rings. The van der Waals surface area contributed by atoms with E-state index in [9.17, 15) is 9.59 Å². The van der Waals surface area contributed by atoms with Crippen LogP contribution >= 0.6 is 11.8 Å². The Morgan fingerprint density at radius 2 is 1.75 bits per heavy atom. The summed E-state index contributed by atoms with van der Waals surface area (Å²) in [5.74, 6) is 0.555. The fourth-order valence-corrected chi connectivity index (χ4v) is 3.40. The lowest BCUT2D eigenvalue weighted by molar-refractivity contribution is -0.137. The van der Waals surface area contributed by atoms with E-state index in [0.717, 1.165) is 25.9 Å². The minimum absolute atomic E-state index is 0.0257. The van der Waals surface area contributed by atoms with Crippen LogP contribution in [-0.2, 0) is 9.59 Å². The molecule has 0 aliphatic carbocycles. The largest absolute Gasteiger partial charge is 0.342 e. The Morgan fingerprint density at radius 1 is 1.15 bits per heavy atom. The zero-order valence-electron chi connectivity index (χ0n) is 12.9. The van der Waals surface area contributed by atoms with Gasteiger partial charge in [0.1, 0.15) is 0 Å². The lowest BCUT2D eigenvalue weighted by Crippen LogP contribution is -2.41. The number of nitrogens with zero attached hydrogens (tertiary/aromatic N) is 2. The number of piperidine rings is 1. The highest BCUT2D eigenvalue weighted by atomic mass is 32.2. The average molecular weight is 301 g/mol. The summed E-state index contributed by atoms with van der Waals surface area (Å²) in [6.45, 7) is 7.58. The number of nitrogens with one attached hydrogen (secondary N) is 1. The van der Waals surface area contributed by atoms with Crippen LogP contribution in [0.1, 0.15) is 26.7 Å².